The van der Waals surface area contributed by atoms with Gasteiger partial charge in [0.25, 0.3) is 0 Å². The Labute approximate surface area is 150 Å². The second kappa shape index (κ2) is 12.7. The molecule has 6 heteroatoms. The zero-order chi connectivity index (χ0) is 18.5. The highest BCUT2D eigenvalue weighted by atomic mass is 17.2. The topological polar surface area (TPSA) is 63.2 Å². The van der Waals surface area contributed by atoms with Gasteiger partial charge in [-0.2, -0.15) is 4.89 Å². The fraction of sp³-hybridized carbons (Fsp3) is 0.632. The van der Waals surface area contributed by atoms with Crippen LogP contribution >= 0.6 is 0 Å². The molecule has 0 atom stereocenters. The van der Waals surface area contributed by atoms with Crippen LogP contribution in [0.4, 0.5) is 0 Å². The summed E-state index contributed by atoms with van der Waals surface area (Å²) in [6.45, 7) is 10.7. The fourth-order valence-corrected chi connectivity index (χ4v) is 2.01. The van der Waals surface area contributed by atoms with Crippen LogP contribution in [0.5, 0.6) is 5.75 Å². The Morgan fingerprint density at radius 3 is 2.32 bits per heavy atom. The molecule has 0 aliphatic carbocycles. The van der Waals surface area contributed by atoms with Crippen LogP contribution in [0, 0.1) is 0 Å². The summed E-state index contributed by atoms with van der Waals surface area (Å²) in [5, 5.41) is 0. The number of ether oxygens (including phenoxy) is 3. The summed E-state index contributed by atoms with van der Waals surface area (Å²) in [5.41, 5.74) is 1.40. The van der Waals surface area contributed by atoms with Crippen LogP contribution in [-0.4, -0.2) is 45.6 Å². The fourth-order valence-electron chi connectivity index (χ4n) is 2.01. The molecule has 25 heavy (non-hydrogen) atoms. The van der Waals surface area contributed by atoms with Crippen LogP contribution in [0.2, 0.25) is 0 Å². The highest BCUT2D eigenvalue weighted by Crippen LogP contribution is 2.25. The molecule has 0 N–H and O–H groups in total. The van der Waals surface area contributed by atoms with Crippen molar-refractivity contribution >= 4 is 5.97 Å². The van der Waals surface area contributed by atoms with Gasteiger partial charge in [0.15, 0.2) is 5.75 Å². The van der Waals surface area contributed by atoms with E-state index in [9.17, 15) is 4.79 Å². The van der Waals surface area contributed by atoms with E-state index in [1.165, 1.54) is 0 Å². The minimum atomic E-state index is -0.423. The third-order valence-corrected chi connectivity index (χ3v) is 3.35. The summed E-state index contributed by atoms with van der Waals surface area (Å²) < 4.78 is 15.8. The minimum absolute atomic E-state index is 0.252. The molecule has 0 bridgehead atoms. The molecule has 0 aliphatic rings. The zero-order valence-corrected chi connectivity index (χ0v) is 15.7. The lowest BCUT2D eigenvalue weighted by Gasteiger charge is -2.13. The molecule has 0 saturated carbocycles. The van der Waals surface area contributed by atoms with E-state index in [0.717, 1.165) is 18.6 Å². The number of carbonyl (C=O) groups excluding carboxylic acids is 1. The number of rotatable bonds is 13. The monoisotopic (exact) mass is 354 g/mol. The van der Waals surface area contributed by atoms with E-state index in [-0.39, 0.29) is 6.61 Å². The summed E-state index contributed by atoms with van der Waals surface area (Å²) in [7, 11) is 0. The van der Waals surface area contributed by atoms with E-state index in [0.29, 0.717) is 43.7 Å². The molecule has 1 rings (SSSR count). The van der Waals surface area contributed by atoms with E-state index >= 15 is 0 Å². The molecule has 0 fully saturated rings. The summed E-state index contributed by atoms with van der Waals surface area (Å²) in [6.07, 6.45) is 0.995. The van der Waals surface area contributed by atoms with E-state index in [4.69, 9.17) is 24.0 Å². The van der Waals surface area contributed by atoms with E-state index in [2.05, 4.69) is 20.8 Å². The van der Waals surface area contributed by atoms with Gasteiger partial charge in [0.05, 0.1) is 26.4 Å². The second-order valence-corrected chi connectivity index (χ2v) is 5.76. The van der Waals surface area contributed by atoms with Crippen LogP contribution in [0.15, 0.2) is 18.2 Å². The summed E-state index contributed by atoms with van der Waals surface area (Å²) in [4.78, 5) is 22.5. The Balaban J connectivity index is 2.45. The van der Waals surface area contributed by atoms with Crippen molar-refractivity contribution in [1.29, 1.82) is 0 Å². The molecule has 0 aliphatic heterocycles. The maximum absolute atomic E-state index is 12.1. The summed E-state index contributed by atoms with van der Waals surface area (Å²) in [6, 6.07) is 5.41. The molecule has 0 amide bonds. The van der Waals surface area contributed by atoms with Gasteiger partial charge < -0.3 is 19.1 Å². The van der Waals surface area contributed by atoms with Crippen molar-refractivity contribution in [3.63, 3.8) is 0 Å². The third kappa shape index (κ3) is 8.34. The Morgan fingerprint density at radius 2 is 1.68 bits per heavy atom. The molecule has 1 aromatic carbocycles. The lowest BCUT2D eigenvalue weighted by molar-refractivity contribution is -0.215. The summed E-state index contributed by atoms with van der Waals surface area (Å²) in [5.74, 6) is 0.216. The smallest absolute Gasteiger partial charge is 0.342 e. The number of hydrogen-bond donors (Lipinski definition) is 0. The molecule has 1 aromatic rings. The average Bonchev–Trinajstić information content (AvgIpc) is 2.60. The van der Waals surface area contributed by atoms with Gasteiger partial charge >= 0.3 is 5.97 Å². The molecule has 0 aromatic heterocycles. The van der Waals surface area contributed by atoms with Crippen molar-refractivity contribution in [2.45, 2.75) is 40.0 Å². The largest absolute Gasteiger partial charge is 0.462 e. The van der Waals surface area contributed by atoms with Gasteiger partial charge in [-0.3, -0.25) is 0 Å². The minimum Gasteiger partial charge on any atom is -0.462 e. The van der Waals surface area contributed by atoms with Gasteiger partial charge in [-0.15, -0.1) is 0 Å². The average molecular weight is 354 g/mol. The van der Waals surface area contributed by atoms with Crippen molar-refractivity contribution in [2.24, 2.45) is 0 Å². The van der Waals surface area contributed by atoms with Crippen molar-refractivity contribution in [3.05, 3.63) is 29.3 Å². The highest BCUT2D eigenvalue weighted by molar-refractivity contribution is 5.92. The standard InChI is InChI=1S/C19H30O6/c1-5-9-21-10-11-22-12-13-24-25-18-8-7-16(15(3)4)14-17(18)19(20)23-6-2/h7-8,14-15H,5-6,9-13H2,1-4H3. The Kier molecular flexibility index (Phi) is 10.9. The van der Waals surface area contributed by atoms with E-state index in [1.807, 2.05) is 6.07 Å². The molecule has 0 spiro atoms. The van der Waals surface area contributed by atoms with Gasteiger partial charge in [0, 0.05) is 6.61 Å². The third-order valence-electron chi connectivity index (χ3n) is 3.35. The molecule has 0 radical (unpaired) electrons. The summed E-state index contributed by atoms with van der Waals surface area (Å²) >= 11 is 0. The molecule has 0 unspecified atom stereocenters. The maximum atomic E-state index is 12.1. The Hall–Kier alpha value is -1.63. The van der Waals surface area contributed by atoms with Crippen molar-refractivity contribution in [1.82, 2.24) is 0 Å². The highest BCUT2D eigenvalue weighted by Gasteiger charge is 2.16. The quantitative estimate of drug-likeness (QED) is 0.233. The van der Waals surface area contributed by atoms with E-state index < -0.39 is 5.97 Å². The van der Waals surface area contributed by atoms with Gasteiger partial charge in [-0.25, -0.2) is 4.79 Å². The molecule has 142 valence electrons. The first-order chi connectivity index (χ1) is 12.1. The predicted octanol–water partition coefficient (Wildman–Crippen LogP) is 3.74. The van der Waals surface area contributed by atoms with Gasteiger partial charge in [-0.05, 0) is 37.0 Å². The first-order valence-corrected chi connectivity index (χ1v) is 8.86. The van der Waals surface area contributed by atoms with E-state index in [1.54, 1.807) is 19.1 Å². The first-order valence-electron chi connectivity index (χ1n) is 8.86. The van der Waals surface area contributed by atoms with Gasteiger partial charge in [-0.1, -0.05) is 26.8 Å². The van der Waals surface area contributed by atoms with Crippen molar-refractivity contribution in [2.75, 3.05) is 39.6 Å². The van der Waals surface area contributed by atoms with Crippen molar-refractivity contribution < 1.29 is 28.8 Å². The lowest BCUT2D eigenvalue weighted by Crippen LogP contribution is -2.13. The lowest BCUT2D eigenvalue weighted by atomic mass is 10.0. The SMILES string of the molecule is CCCOCCOCCOOc1ccc(C(C)C)cc1C(=O)OCC. The van der Waals surface area contributed by atoms with Crippen LogP contribution in [0.1, 0.15) is 56.0 Å². The van der Waals surface area contributed by atoms with Crippen LogP contribution in [0.3, 0.4) is 0 Å². The molecular formula is C19H30O6. The number of esters is 1. The molecule has 0 saturated heterocycles. The predicted molar refractivity (Wildman–Crippen MR) is 95.0 cm³/mol. The zero-order valence-electron chi connectivity index (χ0n) is 15.7. The number of hydrogen-bond acceptors (Lipinski definition) is 6. The number of benzene rings is 1. The normalized spacial score (nSPS) is 10.9. The van der Waals surface area contributed by atoms with Crippen LogP contribution < -0.4 is 4.89 Å². The van der Waals surface area contributed by atoms with Crippen LogP contribution in [-0.2, 0) is 19.1 Å². The first kappa shape index (κ1) is 21.4. The number of carbonyl (C=O) groups is 1. The molecular weight excluding hydrogens is 324 g/mol. The second-order valence-electron chi connectivity index (χ2n) is 5.76. The van der Waals surface area contributed by atoms with Crippen molar-refractivity contribution in [3.8, 4) is 5.75 Å². The maximum Gasteiger partial charge on any atom is 0.342 e. The Morgan fingerprint density at radius 1 is 1.00 bits per heavy atom. The van der Waals surface area contributed by atoms with Gasteiger partial charge in [0.2, 0.25) is 0 Å². The molecule has 6 nitrogen and oxygen atoms in total. The van der Waals surface area contributed by atoms with Gasteiger partial charge in [0.1, 0.15) is 12.2 Å². The molecule has 0 heterocycles. The Bertz CT molecular complexity index is 501. The van der Waals surface area contributed by atoms with Crippen LogP contribution in [0.25, 0.3) is 0 Å².